The van der Waals surface area contributed by atoms with Gasteiger partial charge in [-0.2, -0.15) is 0 Å². The summed E-state index contributed by atoms with van der Waals surface area (Å²) < 4.78 is 18.8. The van der Waals surface area contributed by atoms with Crippen molar-refractivity contribution in [2.45, 2.75) is 25.8 Å². The number of aliphatic carboxylic acids is 1. The van der Waals surface area contributed by atoms with Gasteiger partial charge in [-0.15, -0.1) is 0 Å². The predicted molar refractivity (Wildman–Crippen MR) is 61.4 cm³/mol. The first-order valence-corrected chi connectivity index (χ1v) is 5.44. The third-order valence-electron chi connectivity index (χ3n) is 2.35. The van der Waals surface area contributed by atoms with Crippen LogP contribution >= 0.6 is 0 Å². The van der Waals surface area contributed by atoms with Crippen LogP contribution in [-0.4, -0.2) is 17.7 Å². The van der Waals surface area contributed by atoms with E-state index in [4.69, 9.17) is 15.6 Å². The van der Waals surface area contributed by atoms with Gasteiger partial charge in [0.15, 0.2) is 0 Å². The van der Waals surface area contributed by atoms with Crippen LogP contribution in [0.5, 0.6) is 5.75 Å². The summed E-state index contributed by atoms with van der Waals surface area (Å²) in [6, 6.07) is 3.82. The van der Waals surface area contributed by atoms with Gasteiger partial charge in [0.05, 0.1) is 6.61 Å². The molecule has 0 aliphatic carbocycles. The number of ether oxygens (including phenoxy) is 1. The third-order valence-corrected chi connectivity index (χ3v) is 2.35. The molecule has 0 bridgehead atoms. The largest absolute Gasteiger partial charge is 0.494 e. The van der Waals surface area contributed by atoms with Crippen molar-refractivity contribution in [2.24, 2.45) is 5.73 Å². The smallest absolute Gasteiger partial charge is 0.303 e. The van der Waals surface area contributed by atoms with Gasteiger partial charge in [0.25, 0.3) is 0 Å². The van der Waals surface area contributed by atoms with Crippen LogP contribution in [0.15, 0.2) is 18.2 Å². The van der Waals surface area contributed by atoms with E-state index >= 15 is 0 Å². The molecule has 0 heterocycles. The second-order valence-electron chi connectivity index (χ2n) is 3.66. The maximum absolute atomic E-state index is 13.6. The standard InChI is InChI=1S/C12H16FNO3/c1-2-17-8-3-4-9(10(13)7-8)11(14)5-6-12(15)16/h3-4,7,11H,2,5-6,14H2,1H3,(H,15,16). The second-order valence-corrected chi connectivity index (χ2v) is 3.66. The second kappa shape index (κ2) is 6.20. The Morgan fingerprint density at radius 2 is 2.29 bits per heavy atom. The highest BCUT2D eigenvalue weighted by Crippen LogP contribution is 2.23. The van der Waals surface area contributed by atoms with E-state index in [2.05, 4.69) is 0 Å². The molecule has 1 aromatic rings. The van der Waals surface area contributed by atoms with Crippen LogP contribution in [0.4, 0.5) is 4.39 Å². The number of carboxylic acids is 1. The summed E-state index contributed by atoms with van der Waals surface area (Å²) in [6.07, 6.45) is 0.133. The zero-order valence-corrected chi connectivity index (χ0v) is 9.65. The molecule has 0 radical (unpaired) electrons. The summed E-state index contributed by atoms with van der Waals surface area (Å²) in [7, 11) is 0. The van der Waals surface area contributed by atoms with Gasteiger partial charge in [-0.05, 0) is 19.4 Å². The fourth-order valence-electron chi connectivity index (χ4n) is 1.50. The summed E-state index contributed by atoms with van der Waals surface area (Å²) in [6.45, 7) is 2.27. The summed E-state index contributed by atoms with van der Waals surface area (Å²) in [5, 5.41) is 8.52. The molecule has 0 aliphatic rings. The van der Waals surface area contributed by atoms with Crippen LogP contribution in [-0.2, 0) is 4.79 Å². The number of nitrogens with two attached hydrogens (primary N) is 1. The highest BCUT2D eigenvalue weighted by atomic mass is 19.1. The molecule has 3 N–H and O–H groups in total. The first kappa shape index (κ1) is 13.4. The average molecular weight is 241 g/mol. The van der Waals surface area contributed by atoms with Crippen LogP contribution in [0.2, 0.25) is 0 Å². The zero-order valence-electron chi connectivity index (χ0n) is 9.65. The number of carboxylic acid groups (broad SMARTS) is 1. The zero-order chi connectivity index (χ0) is 12.8. The summed E-state index contributed by atoms with van der Waals surface area (Å²) in [5.41, 5.74) is 6.04. The van der Waals surface area contributed by atoms with Crippen LogP contribution in [0.25, 0.3) is 0 Å². The van der Waals surface area contributed by atoms with Crippen LogP contribution in [0.1, 0.15) is 31.4 Å². The van der Waals surface area contributed by atoms with Crippen molar-refractivity contribution in [3.05, 3.63) is 29.6 Å². The Kier molecular flexibility index (Phi) is 4.90. The van der Waals surface area contributed by atoms with E-state index in [1.165, 1.54) is 12.1 Å². The molecule has 17 heavy (non-hydrogen) atoms. The van der Waals surface area contributed by atoms with Gasteiger partial charge in [0, 0.05) is 24.1 Å². The summed E-state index contributed by atoms with van der Waals surface area (Å²) >= 11 is 0. The van der Waals surface area contributed by atoms with Crippen LogP contribution in [0.3, 0.4) is 0 Å². The van der Waals surface area contributed by atoms with Gasteiger partial charge >= 0.3 is 5.97 Å². The minimum Gasteiger partial charge on any atom is -0.494 e. The molecule has 1 rings (SSSR count). The van der Waals surface area contributed by atoms with E-state index in [1.807, 2.05) is 6.92 Å². The molecule has 0 aliphatic heterocycles. The SMILES string of the molecule is CCOc1ccc(C(N)CCC(=O)O)c(F)c1. The van der Waals surface area contributed by atoms with Crippen molar-refractivity contribution in [3.63, 3.8) is 0 Å². The molecule has 5 heteroatoms. The minimum atomic E-state index is -0.938. The molecule has 0 fully saturated rings. The van der Waals surface area contributed by atoms with Crippen molar-refractivity contribution in [1.29, 1.82) is 0 Å². The number of hydrogen-bond donors (Lipinski definition) is 2. The lowest BCUT2D eigenvalue weighted by Crippen LogP contribution is -2.14. The molecular weight excluding hydrogens is 225 g/mol. The highest BCUT2D eigenvalue weighted by Gasteiger charge is 2.13. The normalized spacial score (nSPS) is 12.2. The van der Waals surface area contributed by atoms with Gasteiger partial charge in [-0.25, -0.2) is 4.39 Å². The van der Waals surface area contributed by atoms with E-state index in [1.54, 1.807) is 6.07 Å². The maximum Gasteiger partial charge on any atom is 0.303 e. The lowest BCUT2D eigenvalue weighted by atomic mass is 10.0. The Morgan fingerprint density at radius 3 is 2.82 bits per heavy atom. The Hall–Kier alpha value is -1.62. The lowest BCUT2D eigenvalue weighted by molar-refractivity contribution is -0.137. The van der Waals surface area contributed by atoms with Crippen molar-refractivity contribution in [2.75, 3.05) is 6.61 Å². The van der Waals surface area contributed by atoms with Crippen molar-refractivity contribution in [3.8, 4) is 5.75 Å². The number of carbonyl (C=O) groups is 1. The van der Waals surface area contributed by atoms with Crippen molar-refractivity contribution in [1.82, 2.24) is 0 Å². The van der Waals surface area contributed by atoms with Crippen LogP contribution < -0.4 is 10.5 Å². The van der Waals surface area contributed by atoms with E-state index in [0.29, 0.717) is 17.9 Å². The number of benzene rings is 1. The monoisotopic (exact) mass is 241 g/mol. The molecule has 0 saturated heterocycles. The Bertz CT molecular complexity index is 395. The number of hydrogen-bond acceptors (Lipinski definition) is 3. The Labute approximate surface area is 99.2 Å². The molecule has 1 unspecified atom stereocenters. The van der Waals surface area contributed by atoms with Gasteiger partial charge < -0.3 is 15.6 Å². The minimum absolute atomic E-state index is 0.0756. The van der Waals surface area contributed by atoms with Gasteiger partial charge in [-0.1, -0.05) is 6.07 Å². The van der Waals surface area contributed by atoms with Gasteiger partial charge in [0.1, 0.15) is 11.6 Å². The van der Waals surface area contributed by atoms with E-state index in [-0.39, 0.29) is 12.8 Å². The molecule has 4 nitrogen and oxygen atoms in total. The lowest BCUT2D eigenvalue weighted by Gasteiger charge is -2.13. The molecule has 0 spiro atoms. The topological polar surface area (TPSA) is 72.5 Å². The van der Waals surface area contributed by atoms with Gasteiger partial charge in [-0.3, -0.25) is 4.79 Å². The van der Waals surface area contributed by atoms with E-state index in [0.717, 1.165) is 0 Å². The average Bonchev–Trinajstić information content (AvgIpc) is 2.26. The first-order chi connectivity index (χ1) is 8.04. The van der Waals surface area contributed by atoms with Crippen LogP contribution in [0, 0.1) is 5.82 Å². The van der Waals surface area contributed by atoms with E-state index in [9.17, 15) is 9.18 Å². The molecule has 94 valence electrons. The molecule has 0 amide bonds. The molecule has 1 atom stereocenters. The fraction of sp³-hybridized carbons (Fsp3) is 0.417. The fourth-order valence-corrected chi connectivity index (χ4v) is 1.50. The maximum atomic E-state index is 13.6. The summed E-state index contributed by atoms with van der Waals surface area (Å²) in [5.74, 6) is -0.959. The predicted octanol–water partition coefficient (Wildman–Crippen LogP) is 2.09. The quantitative estimate of drug-likeness (QED) is 0.799. The molecule has 0 aromatic heterocycles. The molecule has 0 saturated carbocycles. The number of halogens is 1. The molecule has 1 aromatic carbocycles. The molecular formula is C12H16FNO3. The van der Waals surface area contributed by atoms with Crippen molar-refractivity contribution >= 4 is 5.97 Å². The van der Waals surface area contributed by atoms with E-state index < -0.39 is 17.8 Å². The summed E-state index contributed by atoms with van der Waals surface area (Å²) in [4.78, 5) is 10.4. The number of rotatable bonds is 6. The first-order valence-electron chi connectivity index (χ1n) is 5.44. The Balaban J connectivity index is 2.73. The third kappa shape index (κ3) is 4.03. The highest BCUT2D eigenvalue weighted by molar-refractivity contribution is 5.66. The van der Waals surface area contributed by atoms with Gasteiger partial charge in [0.2, 0.25) is 0 Å². The van der Waals surface area contributed by atoms with Crippen molar-refractivity contribution < 1.29 is 19.0 Å². The Morgan fingerprint density at radius 1 is 1.59 bits per heavy atom.